The number of halogens is 1. The van der Waals surface area contributed by atoms with Crippen LogP contribution < -0.4 is 10.2 Å². The second kappa shape index (κ2) is 8.27. The van der Waals surface area contributed by atoms with Gasteiger partial charge in [-0.1, -0.05) is 12.1 Å². The van der Waals surface area contributed by atoms with Gasteiger partial charge in [-0.3, -0.25) is 4.79 Å². The van der Waals surface area contributed by atoms with Gasteiger partial charge in [-0.05, 0) is 49.4 Å². The number of piperidine rings is 1. The van der Waals surface area contributed by atoms with Crippen LogP contribution in [0, 0.1) is 0 Å². The average molecular weight is 445 g/mol. The van der Waals surface area contributed by atoms with Crippen molar-refractivity contribution >= 4 is 28.3 Å². The van der Waals surface area contributed by atoms with Crippen LogP contribution in [-0.4, -0.2) is 44.2 Å². The minimum absolute atomic E-state index is 0.263. The fourth-order valence-corrected chi connectivity index (χ4v) is 4.13. The molecule has 3 aromatic heterocycles. The van der Waals surface area contributed by atoms with E-state index < -0.39 is 5.67 Å². The van der Waals surface area contributed by atoms with Gasteiger partial charge in [0.25, 0.3) is 5.91 Å². The predicted molar refractivity (Wildman–Crippen MR) is 127 cm³/mol. The normalized spacial score (nSPS) is 15.5. The molecule has 1 aliphatic rings. The number of carbonyl (C=O) groups is 1. The van der Waals surface area contributed by atoms with Crippen molar-refractivity contribution in [2.45, 2.75) is 25.4 Å². The molecule has 1 aliphatic heterocycles. The summed E-state index contributed by atoms with van der Waals surface area (Å²) in [4.78, 5) is 27.9. The van der Waals surface area contributed by atoms with E-state index in [1.807, 2.05) is 40.9 Å². The van der Waals surface area contributed by atoms with E-state index in [9.17, 15) is 9.18 Å². The highest BCUT2D eigenvalue weighted by molar-refractivity contribution is 6.05. The fraction of sp³-hybridized carbons (Fsp3) is 0.280. The summed E-state index contributed by atoms with van der Waals surface area (Å²) in [6, 6.07) is 11.4. The molecule has 0 aliphatic carbocycles. The largest absolute Gasteiger partial charge is 0.356 e. The van der Waals surface area contributed by atoms with Crippen LogP contribution in [0.5, 0.6) is 0 Å². The van der Waals surface area contributed by atoms with Crippen LogP contribution >= 0.6 is 0 Å². The first-order chi connectivity index (χ1) is 15.9. The molecule has 1 N–H and O–H groups in total. The van der Waals surface area contributed by atoms with Gasteiger partial charge in [-0.2, -0.15) is 0 Å². The Hall–Kier alpha value is -3.81. The predicted octanol–water partition coefficient (Wildman–Crippen LogP) is 4.61. The van der Waals surface area contributed by atoms with E-state index in [0.29, 0.717) is 43.1 Å². The van der Waals surface area contributed by atoms with Gasteiger partial charge in [0.2, 0.25) is 0 Å². The molecule has 4 heterocycles. The number of nitrogens with zero attached hydrogens (tertiary/aromatic N) is 5. The third-order valence-electron chi connectivity index (χ3n) is 6.21. The van der Waals surface area contributed by atoms with Gasteiger partial charge in [0.05, 0.1) is 18.2 Å². The number of carbonyl (C=O) groups excluding carboxylic acids is 1. The third kappa shape index (κ3) is 4.41. The van der Waals surface area contributed by atoms with Crippen LogP contribution in [0.1, 0.15) is 30.1 Å². The van der Waals surface area contributed by atoms with Crippen molar-refractivity contribution in [3.05, 3.63) is 66.9 Å². The van der Waals surface area contributed by atoms with E-state index in [1.165, 1.54) is 0 Å². The van der Waals surface area contributed by atoms with E-state index in [1.54, 1.807) is 37.8 Å². The lowest BCUT2D eigenvalue weighted by Crippen LogP contribution is -2.40. The van der Waals surface area contributed by atoms with E-state index >= 15 is 0 Å². The molecule has 168 valence electrons. The SMILES string of the molecule is Cn1cncc1-c1ccc2cnc(NC(=O)c3ccnc(N4CCC(C)(F)CC4)c3)cc2c1. The lowest BCUT2D eigenvalue weighted by molar-refractivity contribution is 0.102. The fourth-order valence-electron chi connectivity index (χ4n) is 4.13. The molecule has 1 aromatic carbocycles. The molecular weight excluding hydrogens is 419 g/mol. The van der Waals surface area contributed by atoms with Gasteiger partial charge < -0.3 is 14.8 Å². The lowest BCUT2D eigenvalue weighted by atomic mass is 9.96. The molecule has 0 atom stereocenters. The van der Waals surface area contributed by atoms with Crippen molar-refractivity contribution < 1.29 is 9.18 Å². The topological polar surface area (TPSA) is 75.9 Å². The minimum atomic E-state index is -1.14. The quantitative estimate of drug-likeness (QED) is 0.497. The summed E-state index contributed by atoms with van der Waals surface area (Å²) in [5, 5.41) is 4.84. The van der Waals surface area contributed by atoms with Gasteiger partial charge in [0.15, 0.2) is 0 Å². The summed E-state index contributed by atoms with van der Waals surface area (Å²) in [6.07, 6.45) is 7.85. The zero-order valence-corrected chi connectivity index (χ0v) is 18.6. The second-order valence-corrected chi connectivity index (χ2v) is 8.78. The van der Waals surface area contributed by atoms with Crippen molar-refractivity contribution in [3.63, 3.8) is 0 Å². The zero-order chi connectivity index (χ0) is 23.0. The molecule has 1 saturated heterocycles. The van der Waals surface area contributed by atoms with E-state index in [-0.39, 0.29) is 5.91 Å². The van der Waals surface area contributed by atoms with Crippen LogP contribution in [0.2, 0.25) is 0 Å². The molecule has 0 radical (unpaired) electrons. The van der Waals surface area contributed by atoms with Gasteiger partial charge in [0.1, 0.15) is 17.3 Å². The molecular formula is C25H25FN6O. The van der Waals surface area contributed by atoms with Crippen molar-refractivity contribution in [1.82, 2.24) is 19.5 Å². The molecule has 0 saturated carbocycles. The van der Waals surface area contributed by atoms with Crippen molar-refractivity contribution in [2.75, 3.05) is 23.3 Å². The minimum Gasteiger partial charge on any atom is -0.356 e. The van der Waals surface area contributed by atoms with Crippen LogP contribution in [0.15, 0.2) is 61.3 Å². The summed E-state index contributed by atoms with van der Waals surface area (Å²) < 4.78 is 16.1. The number of rotatable bonds is 4. The maximum absolute atomic E-state index is 14.1. The van der Waals surface area contributed by atoms with Crippen molar-refractivity contribution in [2.24, 2.45) is 7.05 Å². The number of anilines is 2. The molecule has 4 aromatic rings. The lowest BCUT2D eigenvalue weighted by Gasteiger charge is -2.34. The Morgan fingerprint density at radius 1 is 1.06 bits per heavy atom. The number of aryl methyl sites for hydroxylation is 1. The number of fused-ring (bicyclic) bond motifs is 1. The Bertz CT molecular complexity index is 1320. The average Bonchev–Trinajstić information content (AvgIpc) is 3.24. The Balaban J connectivity index is 1.35. The first-order valence-electron chi connectivity index (χ1n) is 11.0. The van der Waals surface area contributed by atoms with Crippen LogP contribution in [0.4, 0.5) is 16.0 Å². The molecule has 7 nitrogen and oxygen atoms in total. The number of hydrogen-bond acceptors (Lipinski definition) is 5. The van der Waals surface area contributed by atoms with Crippen molar-refractivity contribution in [3.8, 4) is 11.3 Å². The highest BCUT2D eigenvalue weighted by atomic mass is 19.1. The Morgan fingerprint density at radius 3 is 2.64 bits per heavy atom. The maximum atomic E-state index is 14.1. The molecule has 33 heavy (non-hydrogen) atoms. The van der Waals surface area contributed by atoms with Gasteiger partial charge in [0, 0.05) is 49.0 Å². The number of nitrogens with one attached hydrogen (secondary N) is 1. The molecule has 1 fully saturated rings. The molecule has 0 bridgehead atoms. The van der Waals surface area contributed by atoms with Crippen LogP contribution in [0.3, 0.4) is 0 Å². The number of amides is 1. The molecule has 0 spiro atoms. The van der Waals surface area contributed by atoms with E-state index in [0.717, 1.165) is 22.0 Å². The molecule has 0 unspecified atom stereocenters. The van der Waals surface area contributed by atoms with Crippen molar-refractivity contribution in [1.29, 1.82) is 0 Å². The monoisotopic (exact) mass is 444 g/mol. The summed E-state index contributed by atoms with van der Waals surface area (Å²) in [5.74, 6) is 0.894. The number of alkyl halides is 1. The Labute approximate surface area is 191 Å². The zero-order valence-electron chi connectivity index (χ0n) is 18.6. The number of pyridine rings is 2. The maximum Gasteiger partial charge on any atom is 0.257 e. The molecule has 1 amide bonds. The van der Waals surface area contributed by atoms with Gasteiger partial charge in [-0.15, -0.1) is 0 Å². The number of hydrogen-bond donors (Lipinski definition) is 1. The highest BCUT2D eigenvalue weighted by Gasteiger charge is 2.30. The summed E-state index contributed by atoms with van der Waals surface area (Å²) in [5.41, 5.74) is 1.40. The second-order valence-electron chi connectivity index (χ2n) is 8.78. The van der Waals surface area contributed by atoms with E-state index in [2.05, 4.69) is 26.3 Å². The third-order valence-corrected chi connectivity index (χ3v) is 6.21. The number of aromatic nitrogens is 4. The highest BCUT2D eigenvalue weighted by Crippen LogP contribution is 2.29. The summed E-state index contributed by atoms with van der Waals surface area (Å²) in [6.45, 7) is 2.80. The van der Waals surface area contributed by atoms with Gasteiger partial charge >= 0.3 is 0 Å². The number of imidazole rings is 1. The first-order valence-corrected chi connectivity index (χ1v) is 11.0. The van der Waals surface area contributed by atoms with Crippen LogP contribution in [-0.2, 0) is 7.05 Å². The first kappa shape index (κ1) is 21.1. The summed E-state index contributed by atoms with van der Waals surface area (Å²) in [7, 11) is 1.95. The Morgan fingerprint density at radius 2 is 1.88 bits per heavy atom. The van der Waals surface area contributed by atoms with Crippen LogP contribution in [0.25, 0.3) is 22.0 Å². The number of benzene rings is 1. The molecule has 8 heteroatoms. The smallest absolute Gasteiger partial charge is 0.257 e. The molecule has 5 rings (SSSR count). The van der Waals surface area contributed by atoms with E-state index in [4.69, 9.17) is 0 Å². The standard InChI is InChI=1S/C25H25FN6O/c1-25(26)6-9-32(10-7-25)23-13-18(5-8-28-23)24(33)30-22-12-20-11-17(3-4-19(20)14-29-22)21-15-27-16-31(21)2/h3-5,8,11-16H,6-7,9-10H2,1-2H3,(H,29,30,33). The Kier molecular flexibility index (Phi) is 5.28. The van der Waals surface area contributed by atoms with Gasteiger partial charge in [-0.25, -0.2) is 19.3 Å². The summed E-state index contributed by atoms with van der Waals surface area (Å²) >= 11 is 0.